The summed E-state index contributed by atoms with van der Waals surface area (Å²) < 4.78 is 6.49. The quantitative estimate of drug-likeness (QED) is 0.701. The lowest BCUT2D eigenvalue weighted by Gasteiger charge is -2.41. The third-order valence-corrected chi connectivity index (χ3v) is 10.2. The van der Waals surface area contributed by atoms with Gasteiger partial charge in [-0.05, 0) is 36.5 Å². The maximum atomic E-state index is 12.7. The fourth-order valence-corrected chi connectivity index (χ4v) is 3.95. The van der Waals surface area contributed by atoms with Crippen molar-refractivity contribution in [2.24, 2.45) is 5.92 Å². The van der Waals surface area contributed by atoms with Gasteiger partial charge in [-0.15, -0.1) is 0 Å². The number of likely N-dealkylation sites (tertiary alicyclic amines) is 1. The minimum atomic E-state index is -1.84. The molecule has 4 heteroatoms. The van der Waals surface area contributed by atoms with Crippen molar-refractivity contribution in [1.82, 2.24) is 4.90 Å². The summed E-state index contributed by atoms with van der Waals surface area (Å²) in [6.07, 6.45) is 2.08. The average Bonchev–Trinajstić information content (AvgIpc) is 2.51. The van der Waals surface area contributed by atoms with E-state index in [4.69, 9.17) is 4.43 Å². The van der Waals surface area contributed by atoms with Crippen molar-refractivity contribution < 1.29 is 9.22 Å². The molecule has 0 N–H and O–H groups in total. The predicted molar refractivity (Wildman–Crippen MR) is 102 cm³/mol. The molecule has 1 saturated heterocycles. The topological polar surface area (TPSA) is 29.5 Å². The van der Waals surface area contributed by atoms with Gasteiger partial charge in [0.2, 0.25) is 5.91 Å². The lowest BCUT2D eigenvalue weighted by molar-refractivity contribution is -0.141. The molecule has 1 unspecified atom stereocenters. The summed E-state index contributed by atoms with van der Waals surface area (Å²) in [5, 5.41) is 0.174. The van der Waals surface area contributed by atoms with Gasteiger partial charge in [-0.2, -0.15) is 0 Å². The summed E-state index contributed by atoms with van der Waals surface area (Å²) >= 11 is 0. The van der Waals surface area contributed by atoms with Crippen LogP contribution in [0.3, 0.4) is 0 Å². The molecular formula is C20H33NO2Si. The molecule has 24 heavy (non-hydrogen) atoms. The van der Waals surface area contributed by atoms with E-state index in [1.165, 1.54) is 5.56 Å². The molecule has 2 atom stereocenters. The summed E-state index contributed by atoms with van der Waals surface area (Å²) in [6.45, 7) is 14.8. The Hall–Kier alpha value is -1.13. The van der Waals surface area contributed by atoms with E-state index >= 15 is 0 Å². The lowest BCUT2D eigenvalue weighted by Crippen LogP contribution is -2.47. The van der Waals surface area contributed by atoms with Crippen LogP contribution < -0.4 is 0 Å². The molecule has 0 radical (unpaired) electrons. The first-order valence-corrected chi connectivity index (χ1v) is 12.0. The smallest absolute Gasteiger partial charge is 0.225 e. The first-order valence-electron chi connectivity index (χ1n) is 9.13. The fourth-order valence-electron chi connectivity index (χ4n) is 2.94. The number of carbonyl (C=O) groups is 1. The zero-order chi connectivity index (χ0) is 18.0. The number of hydrogen-bond acceptors (Lipinski definition) is 2. The van der Waals surface area contributed by atoms with Gasteiger partial charge in [0, 0.05) is 12.5 Å². The summed E-state index contributed by atoms with van der Waals surface area (Å²) in [5.74, 6) is 0.395. The lowest BCUT2D eigenvalue weighted by atomic mass is 9.95. The van der Waals surface area contributed by atoms with Gasteiger partial charge in [0.25, 0.3) is 0 Å². The minimum Gasteiger partial charge on any atom is -0.414 e. The highest BCUT2D eigenvalue weighted by molar-refractivity contribution is 6.74. The van der Waals surface area contributed by atoms with Crippen LogP contribution in [0.1, 0.15) is 52.1 Å². The molecule has 0 saturated carbocycles. The Bertz CT molecular complexity index is 551. The van der Waals surface area contributed by atoms with Gasteiger partial charge >= 0.3 is 0 Å². The van der Waals surface area contributed by atoms with Gasteiger partial charge in [0.15, 0.2) is 8.32 Å². The number of amides is 1. The number of nitrogens with zero attached hydrogens (tertiary/aromatic N) is 1. The van der Waals surface area contributed by atoms with Crippen LogP contribution in [0.15, 0.2) is 30.3 Å². The molecular weight excluding hydrogens is 314 g/mol. The molecule has 1 aliphatic heterocycles. The SMILES string of the molecule is CC1CCCN([C@@H](CO[Si](C)(C)C(C)(C)C)c2ccccc2)C1=O. The summed E-state index contributed by atoms with van der Waals surface area (Å²) in [4.78, 5) is 14.8. The minimum absolute atomic E-state index is 0.0237. The normalized spacial score (nSPS) is 21.0. The number of piperidine rings is 1. The first-order chi connectivity index (χ1) is 11.1. The molecule has 0 aromatic heterocycles. The Kier molecular flexibility index (Phi) is 5.92. The van der Waals surface area contributed by atoms with Gasteiger partial charge in [0.05, 0.1) is 12.6 Å². The van der Waals surface area contributed by atoms with Gasteiger partial charge in [0.1, 0.15) is 0 Å². The maximum absolute atomic E-state index is 12.7. The second-order valence-electron chi connectivity index (χ2n) is 8.57. The molecule has 1 heterocycles. The van der Waals surface area contributed by atoms with E-state index in [-0.39, 0.29) is 22.9 Å². The Morgan fingerprint density at radius 2 is 1.88 bits per heavy atom. The molecule has 3 nitrogen and oxygen atoms in total. The van der Waals surface area contributed by atoms with Gasteiger partial charge in [-0.3, -0.25) is 4.79 Å². The van der Waals surface area contributed by atoms with Crippen LogP contribution in [-0.4, -0.2) is 32.3 Å². The number of hydrogen-bond donors (Lipinski definition) is 0. The molecule has 134 valence electrons. The van der Waals surface area contributed by atoms with Crippen molar-refractivity contribution in [1.29, 1.82) is 0 Å². The van der Waals surface area contributed by atoms with Gasteiger partial charge in [-0.1, -0.05) is 58.0 Å². The summed E-state index contributed by atoms with van der Waals surface area (Å²) in [5.41, 5.74) is 1.18. The van der Waals surface area contributed by atoms with E-state index in [0.29, 0.717) is 6.61 Å². The zero-order valence-corrected chi connectivity index (χ0v) is 17.1. The third-order valence-electron chi connectivity index (χ3n) is 5.71. The molecule has 1 fully saturated rings. The molecule has 1 aromatic carbocycles. The van der Waals surface area contributed by atoms with Crippen molar-refractivity contribution in [3.8, 4) is 0 Å². The van der Waals surface area contributed by atoms with Crippen molar-refractivity contribution >= 4 is 14.2 Å². The second-order valence-corrected chi connectivity index (χ2v) is 13.4. The average molecular weight is 348 g/mol. The van der Waals surface area contributed by atoms with Crippen LogP contribution in [-0.2, 0) is 9.22 Å². The van der Waals surface area contributed by atoms with E-state index < -0.39 is 8.32 Å². The Morgan fingerprint density at radius 3 is 2.46 bits per heavy atom. The predicted octanol–water partition coefficient (Wildman–Crippen LogP) is 5.01. The van der Waals surface area contributed by atoms with Crippen LogP contribution in [0.4, 0.5) is 0 Å². The van der Waals surface area contributed by atoms with Crippen molar-refractivity contribution in [2.75, 3.05) is 13.2 Å². The van der Waals surface area contributed by atoms with Crippen molar-refractivity contribution in [3.63, 3.8) is 0 Å². The van der Waals surface area contributed by atoms with Crippen molar-refractivity contribution in [2.45, 2.75) is 64.7 Å². The Labute approximate surface area is 148 Å². The maximum Gasteiger partial charge on any atom is 0.225 e. The Balaban J connectivity index is 2.23. The van der Waals surface area contributed by atoms with Crippen LogP contribution in [0.5, 0.6) is 0 Å². The molecule has 2 rings (SSSR count). The fraction of sp³-hybridized carbons (Fsp3) is 0.650. The zero-order valence-electron chi connectivity index (χ0n) is 16.1. The van der Waals surface area contributed by atoms with E-state index in [1.807, 2.05) is 25.1 Å². The van der Waals surface area contributed by atoms with E-state index in [0.717, 1.165) is 19.4 Å². The summed E-state index contributed by atoms with van der Waals surface area (Å²) in [6, 6.07) is 10.4. The van der Waals surface area contributed by atoms with E-state index in [1.54, 1.807) is 0 Å². The Morgan fingerprint density at radius 1 is 1.25 bits per heavy atom. The highest BCUT2D eigenvalue weighted by atomic mass is 28.4. The van der Waals surface area contributed by atoms with Crippen LogP contribution >= 0.6 is 0 Å². The molecule has 0 aliphatic carbocycles. The number of benzene rings is 1. The van der Waals surface area contributed by atoms with Crippen LogP contribution in [0, 0.1) is 5.92 Å². The first kappa shape index (κ1) is 19.2. The van der Waals surface area contributed by atoms with Crippen LogP contribution in [0.25, 0.3) is 0 Å². The number of carbonyl (C=O) groups excluding carboxylic acids is 1. The molecule has 1 amide bonds. The largest absolute Gasteiger partial charge is 0.414 e. The van der Waals surface area contributed by atoms with Gasteiger partial charge < -0.3 is 9.33 Å². The third kappa shape index (κ3) is 4.28. The highest BCUT2D eigenvalue weighted by Crippen LogP contribution is 2.38. The molecule has 0 bridgehead atoms. The molecule has 0 spiro atoms. The van der Waals surface area contributed by atoms with E-state index in [9.17, 15) is 4.79 Å². The monoisotopic (exact) mass is 347 g/mol. The summed E-state index contributed by atoms with van der Waals surface area (Å²) in [7, 11) is -1.84. The van der Waals surface area contributed by atoms with E-state index in [2.05, 4.69) is 50.9 Å². The number of rotatable bonds is 5. The van der Waals surface area contributed by atoms with Crippen LogP contribution in [0.2, 0.25) is 18.1 Å². The van der Waals surface area contributed by atoms with Crippen molar-refractivity contribution in [3.05, 3.63) is 35.9 Å². The molecule has 1 aliphatic rings. The standard InChI is InChI=1S/C20H33NO2Si/c1-16-11-10-14-21(19(16)22)18(17-12-8-7-9-13-17)15-23-24(5,6)20(2,3)4/h7-9,12-13,16,18H,10-11,14-15H2,1-6H3/t16?,18-/m0/s1. The van der Waals surface area contributed by atoms with Gasteiger partial charge in [-0.25, -0.2) is 0 Å². The highest BCUT2D eigenvalue weighted by Gasteiger charge is 2.39. The second kappa shape index (κ2) is 7.40. The molecule has 1 aromatic rings.